The molecule has 4 aliphatic rings. The SMILES string of the molecule is Cc1c(-c2ccc(N3CCc4cccc(C(=O)Nc5nc6ccccc6s5)c4C3)nc2C(=O)O)cnn1CC1(C)CC2(C)CC(C)(C)CC(OCCN(CCCP(=O)(O)O)C(=O)OC/C=C/c3ccc(OC4CC(O)CC(C(=O)O)O4)c(NC(=O)CCNC(=O)CCCCCN(C)C(=O)/C=C\C=O)c3)(C1)C2. The molecule has 8 N–H and O–H groups in total. The number of anilines is 3. The number of para-hydroxylation sites is 1. The van der Waals surface area contributed by atoms with E-state index in [4.69, 9.17) is 29.0 Å². The smallest absolute Gasteiger partial charge is 0.410 e. The van der Waals surface area contributed by atoms with Crippen LogP contribution in [0.25, 0.3) is 27.4 Å². The van der Waals surface area contributed by atoms with Gasteiger partial charge in [-0.3, -0.25) is 38.5 Å². The highest BCUT2D eigenvalue weighted by Gasteiger charge is 2.58. The van der Waals surface area contributed by atoms with Crippen LogP contribution >= 0.6 is 18.9 Å². The summed E-state index contributed by atoms with van der Waals surface area (Å²) in [6.45, 7) is 12.5. The molecule has 5 amide bonds. The molecule has 2 saturated carbocycles. The van der Waals surface area contributed by atoms with E-state index in [0.717, 1.165) is 52.4 Å². The fraction of sp³-hybridized carbons (Fsp3) is 0.487. The molecule has 568 valence electrons. The van der Waals surface area contributed by atoms with Crippen LogP contribution in [0.4, 0.5) is 21.4 Å². The Kier molecular flexibility index (Phi) is 25.9. The number of aldehydes is 1. The minimum absolute atomic E-state index is 0.00488. The third-order valence-electron chi connectivity index (χ3n) is 19.8. The van der Waals surface area contributed by atoms with E-state index in [9.17, 15) is 68.0 Å². The van der Waals surface area contributed by atoms with Gasteiger partial charge >= 0.3 is 25.6 Å². The number of thiazole rings is 1. The molecule has 3 fully saturated rings. The Morgan fingerprint density at radius 1 is 0.849 bits per heavy atom. The van der Waals surface area contributed by atoms with Gasteiger partial charge in [-0.05, 0) is 152 Å². The monoisotopic (exact) mass is 1500 g/mol. The number of hydrogen-bond donors (Lipinski definition) is 8. The Morgan fingerprint density at radius 3 is 2.42 bits per heavy atom. The van der Waals surface area contributed by atoms with E-state index < -0.39 is 61.8 Å². The lowest BCUT2D eigenvalue weighted by Crippen LogP contribution is -2.57. The molecule has 6 atom stereocenters. The number of aromatic nitrogens is 4. The Balaban J connectivity index is 0.772. The molecule has 0 radical (unpaired) electrons. The molecular formula is C76H95N10O18PS. The first kappa shape index (κ1) is 79.3. The second-order valence-corrected chi connectivity index (χ2v) is 32.5. The summed E-state index contributed by atoms with van der Waals surface area (Å²) in [6, 6.07) is 21.6. The summed E-state index contributed by atoms with van der Waals surface area (Å²) < 4.78 is 39.5. The molecule has 106 heavy (non-hydrogen) atoms. The van der Waals surface area contributed by atoms with Crippen molar-refractivity contribution in [2.24, 2.45) is 16.2 Å². The fourth-order valence-electron chi connectivity index (χ4n) is 16.1. The van der Waals surface area contributed by atoms with Crippen molar-refractivity contribution in [1.82, 2.24) is 34.9 Å². The van der Waals surface area contributed by atoms with Gasteiger partial charge in [-0.1, -0.05) is 81.9 Å². The maximum atomic E-state index is 14.0. The summed E-state index contributed by atoms with van der Waals surface area (Å²) in [5.41, 5.74) is 4.12. The number of benzene rings is 3. The number of allylic oxidation sites excluding steroid dienone is 1. The first-order valence-electron chi connectivity index (χ1n) is 35.7. The number of aromatic carboxylic acids is 1. The number of rotatable bonds is 33. The summed E-state index contributed by atoms with van der Waals surface area (Å²) in [6.07, 6.45) is 8.96. The quantitative estimate of drug-likeness (QED) is 0.00821. The standard InChI is InChI=1S/C76H95N10O18PS/c1-49-55(53-24-26-62(81-67(53)70(95)96)85-32-28-51-17-12-18-54(56(51)42-85)68(92)82-71-80-57-19-9-10-20-61(57)106-71)41-78-86(49)48-75(5)45-74(4)43-73(2,3)44-76(46-74,47-75)102-36-33-84(31-15-37-105(98,99)100)72(97)101-35-14-16-50-23-25-59(103-66-40-52(88)39-60(104-66)69(93)94)58(38-50)79-64(90)27-29-77-63(89)21-8-7-11-30-83(6)65(91)22-13-34-87/h9-10,12-14,16-20,22-26,34,38,41,52,60,66,88H,7-8,11,15,21,27-33,35-37,39-40,42-48H2,1-6H3,(H,77,89)(H,79,90)(H,93,94)(H,95,96)(H,80,82,92)(H2,98,99,100)/b16-14+,22-13-. The number of carboxylic acids is 2. The Hall–Kier alpha value is -9.22. The van der Waals surface area contributed by atoms with E-state index in [2.05, 4.69) is 48.6 Å². The van der Waals surface area contributed by atoms with Crippen molar-refractivity contribution in [3.8, 4) is 16.9 Å². The van der Waals surface area contributed by atoms with E-state index in [1.165, 1.54) is 33.3 Å². The number of likely N-dealkylation sites (N-methyl/N-ethyl adjacent to an activating group) is 1. The minimum Gasteiger partial charge on any atom is -0.479 e. The molecule has 30 heteroatoms. The molecule has 3 aromatic heterocycles. The highest BCUT2D eigenvalue weighted by molar-refractivity contribution is 7.51. The van der Waals surface area contributed by atoms with Crippen LogP contribution in [0.15, 0.2) is 97.2 Å². The molecular weight excluding hydrogens is 1400 g/mol. The topological polar surface area (TPSA) is 381 Å². The molecule has 2 aliphatic carbocycles. The van der Waals surface area contributed by atoms with E-state index in [1.807, 2.05) is 59.0 Å². The molecule has 2 bridgehead atoms. The zero-order chi connectivity index (χ0) is 76.1. The Labute approximate surface area is 619 Å². The first-order chi connectivity index (χ1) is 50.4. The van der Waals surface area contributed by atoms with Gasteiger partial charge in [-0.2, -0.15) is 5.10 Å². The van der Waals surface area contributed by atoms with Gasteiger partial charge in [0.15, 0.2) is 16.9 Å². The second-order valence-electron chi connectivity index (χ2n) is 29.7. The van der Waals surface area contributed by atoms with Crippen LogP contribution in [0.2, 0.25) is 0 Å². The normalized spacial score (nSPS) is 21.3. The van der Waals surface area contributed by atoms with Gasteiger partial charge in [0, 0.05) is 107 Å². The number of pyridine rings is 1. The lowest BCUT2D eigenvalue weighted by atomic mass is 9.48. The predicted octanol–water partition coefficient (Wildman–Crippen LogP) is 10.4. The van der Waals surface area contributed by atoms with Gasteiger partial charge in [0.2, 0.25) is 24.0 Å². The molecule has 2 aliphatic heterocycles. The van der Waals surface area contributed by atoms with Gasteiger partial charge in [-0.15, -0.1) is 0 Å². The summed E-state index contributed by atoms with van der Waals surface area (Å²) in [4.78, 5) is 135. The van der Waals surface area contributed by atoms with Crippen molar-refractivity contribution in [3.05, 3.63) is 131 Å². The predicted molar refractivity (Wildman–Crippen MR) is 397 cm³/mol. The van der Waals surface area contributed by atoms with E-state index >= 15 is 0 Å². The van der Waals surface area contributed by atoms with E-state index in [1.54, 1.807) is 49.7 Å². The number of ether oxygens (including phenoxy) is 4. The summed E-state index contributed by atoms with van der Waals surface area (Å²) in [7, 11) is -2.82. The Morgan fingerprint density at radius 2 is 1.65 bits per heavy atom. The zero-order valence-electron chi connectivity index (χ0n) is 60.6. The molecule has 5 heterocycles. The minimum atomic E-state index is -4.44. The summed E-state index contributed by atoms with van der Waals surface area (Å²) in [5.74, 6) is -3.31. The molecule has 6 unspecified atom stereocenters. The number of aliphatic carboxylic acids is 1. The van der Waals surface area contributed by atoms with Crippen molar-refractivity contribution >= 4 is 99.8 Å². The number of aliphatic hydroxyl groups is 1. The third-order valence-corrected chi connectivity index (χ3v) is 21.6. The summed E-state index contributed by atoms with van der Waals surface area (Å²) in [5, 5.41) is 44.8. The average Bonchev–Trinajstić information content (AvgIpc) is 0.841. The number of carbonyl (C=O) groups is 8. The van der Waals surface area contributed by atoms with Crippen molar-refractivity contribution < 1.29 is 87.0 Å². The highest BCUT2D eigenvalue weighted by Crippen LogP contribution is 2.63. The van der Waals surface area contributed by atoms with Gasteiger partial charge in [0.05, 0.1) is 46.6 Å². The Bertz CT molecular complexity index is 4310. The van der Waals surface area contributed by atoms with Crippen LogP contribution in [0, 0.1) is 23.2 Å². The molecule has 3 aromatic carbocycles. The first-order valence-corrected chi connectivity index (χ1v) is 38.4. The van der Waals surface area contributed by atoms with Crippen LogP contribution < -0.4 is 25.6 Å². The van der Waals surface area contributed by atoms with Gasteiger partial charge in [0.1, 0.15) is 24.5 Å². The second kappa shape index (κ2) is 34.6. The maximum Gasteiger partial charge on any atom is 0.410 e. The lowest BCUT2D eigenvalue weighted by molar-refractivity contribution is -0.195. The number of carbonyl (C=O) groups excluding carboxylic acids is 6. The largest absolute Gasteiger partial charge is 0.479 e. The number of hydrogen-bond acceptors (Lipinski definition) is 19. The molecule has 6 aromatic rings. The molecule has 0 spiro atoms. The number of unbranched alkanes of at least 4 members (excludes halogenated alkanes) is 2. The number of amides is 5. The molecule has 10 rings (SSSR count). The maximum absolute atomic E-state index is 14.0. The zero-order valence-corrected chi connectivity index (χ0v) is 62.3. The van der Waals surface area contributed by atoms with Gasteiger partial charge in [0.25, 0.3) is 5.91 Å². The lowest BCUT2D eigenvalue weighted by Gasteiger charge is -2.61. The average molecular weight is 1500 g/mol. The number of nitrogens with one attached hydrogen (secondary N) is 3. The van der Waals surface area contributed by atoms with Crippen molar-refractivity contribution in [2.45, 2.75) is 162 Å². The number of carboxylic acid groups (broad SMARTS) is 2. The molecule has 28 nitrogen and oxygen atoms in total. The van der Waals surface area contributed by atoms with Crippen LogP contribution in [0.3, 0.4) is 0 Å². The van der Waals surface area contributed by atoms with Crippen molar-refractivity contribution in [1.29, 1.82) is 0 Å². The van der Waals surface area contributed by atoms with E-state index in [-0.39, 0.29) is 116 Å². The fourth-order valence-corrected chi connectivity index (χ4v) is 17.5. The van der Waals surface area contributed by atoms with Crippen molar-refractivity contribution in [3.63, 3.8) is 0 Å². The number of nitrogens with zero attached hydrogens (tertiary/aromatic N) is 7. The third kappa shape index (κ3) is 21.3. The van der Waals surface area contributed by atoms with Gasteiger partial charge < -0.3 is 69.4 Å². The number of aliphatic hydroxyl groups excluding tert-OH is 1. The number of fused-ring (bicyclic) bond motifs is 4. The highest BCUT2D eigenvalue weighted by atomic mass is 32.1. The van der Waals surface area contributed by atoms with E-state index in [0.29, 0.717) is 104 Å². The molecule has 1 saturated heterocycles. The van der Waals surface area contributed by atoms with Crippen LogP contribution in [0.5, 0.6) is 5.75 Å². The van der Waals surface area contributed by atoms with Crippen LogP contribution in [-0.2, 0) is 62.3 Å². The van der Waals surface area contributed by atoms with Crippen LogP contribution in [0.1, 0.15) is 154 Å². The summed E-state index contributed by atoms with van der Waals surface area (Å²) >= 11 is 1.40. The van der Waals surface area contributed by atoms with Gasteiger partial charge in [-0.25, -0.2) is 24.4 Å². The van der Waals surface area contributed by atoms with Crippen molar-refractivity contribution in [2.75, 3.05) is 74.7 Å². The van der Waals surface area contributed by atoms with Crippen LogP contribution in [-0.4, -0.2) is 186 Å².